The van der Waals surface area contributed by atoms with Crippen LogP contribution in [0.15, 0.2) is 60.2 Å². The van der Waals surface area contributed by atoms with E-state index < -0.39 is 0 Å². The SMILES string of the molecule is CC1=C2CCN(CCC(=O)Nc3ccccc3)CC2c2ccccc21. The average molecular weight is 332 g/mol. The number of piperidine rings is 1. The summed E-state index contributed by atoms with van der Waals surface area (Å²) in [4.78, 5) is 14.6. The molecule has 1 aliphatic heterocycles. The van der Waals surface area contributed by atoms with Gasteiger partial charge in [0.2, 0.25) is 5.91 Å². The summed E-state index contributed by atoms with van der Waals surface area (Å²) in [6, 6.07) is 18.5. The quantitative estimate of drug-likeness (QED) is 0.906. The van der Waals surface area contributed by atoms with Crippen LogP contribution < -0.4 is 5.32 Å². The van der Waals surface area contributed by atoms with Crippen molar-refractivity contribution in [2.75, 3.05) is 25.0 Å². The molecule has 3 heteroatoms. The van der Waals surface area contributed by atoms with Crippen molar-refractivity contribution in [3.8, 4) is 0 Å². The number of allylic oxidation sites excluding steroid dienone is 1. The molecule has 1 saturated heterocycles. The third-order valence-electron chi connectivity index (χ3n) is 5.49. The summed E-state index contributed by atoms with van der Waals surface area (Å²) < 4.78 is 0. The Morgan fingerprint density at radius 2 is 1.88 bits per heavy atom. The fraction of sp³-hybridized carbons (Fsp3) is 0.318. The third kappa shape index (κ3) is 3.24. The fourth-order valence-electron chi connectivity index (χ4n) is 4.17. The number of nitrogens with one attached hydrogen (secondary N) is 1. The van der Waals surface area contributed by atoms with Gasteiger partial charge in [-0.1, -0.05) is 48.0 Å². The van der Waals surface area contributed by atoms with Gasteiger partial charge >= 0.3 is 0 Å². The van der Waals surface area contributed by atoms with E-state index in [-0.39, 0.29) is 5.91 Å². The lowest BCUT2D eigenvalue weighted by Gasteiger charge is -2.33. The summed E-state index contributed by atoms with van der Waals surface area (Å²) >= 11 is 0. The normalized spacial score (nSPS) is 19.5. The van der Waals surface area contributed by atoms with Crippen LogP contribution in [-0.2, 0) is 4.79 Å². The van der Waals surface area contributed by atoms with Crippen LogP contribution >= 0.6 is 0 Å². The summed E-state index contributed by atoms with van der Waals surface area (Å²) in [5.74, 6) is 0.609. The Bertz CT molecular complexity index is 810. The highest BCUT2D eigenvalue weighted by molar-refractivity contribution is 5.90. The van der Waals surface area contributed by atoms with Gasteiger partial charge in [0.1, 0.15) is 0 Å². The van der Waals surface area contributed by atoms with E-state index in [0.717, 1.165) is 31.7 Å². The average Bonchev–Trinajstić information content (AvgIpc) is 2.93. The number of benzene rings is 2. The molecule has 1 aliphatic carbocycles. The second kappa shape index (κ2) is 6.85. The smallest absolute Gasteiger partial charge is 0.225 e. The lowest BCUT2D eigenvalue weighted by atomic mass is 9.89. The van der Waals surface area contributed by atoms with E-state index >= 15 is 0 Å². The molecule has 1 unspecified atom stereocenters. The number of hydrogen-bond acceptors (Lipinski definition) is 2. The van der Waals surface area contributed by atoms with E-state index in [1.807, 2.05) is 30.3 Å². The molecule has 1 fully saturated rings. The molecule has 1 N–H and O–H groups in total. The predicted molar refractivity (Wildman–Crippen MR) is 103 cm³/mol. The van der Waals surface area contributed by atoms with Crippen LogP contribution in [0.25, 0.3) is 5.57 Å². The maximum Gasteiger partial charge on any atom is 0.225 e. The molecule has 0 bridgehead atoms. The number of hydrogen-bond donors (Lipinski definition) is 1. The monoisotopic (exact) mass is 332 g/mol. The van der Waals surface area contributed by atoms with Crippen LogP contribution in [0, 0.1) is 0 Å². The van der Waals surface area contributed by atoms with Gasteiger partial charge in [-0.25, -0.2) is 0 Å². The van der Waals surface area contributed by atoms with E-state index in [9.17, 15) is 4.79 Å². The van der Waals surface area contributed by atoms with Crippen LogP contribution in [0.2, 0.25) is 0 Å². The number of rotatable bonds is 4. The summed E-state index contributed by atoms with van der Waals surface area (Å²) in [6.45, 7) is 5.17. The first-order valence-electron chi connectivity index (χ1n) is 9.08. The Hall–Kier alpha value is -2.39. The molecular formula is C22H24N2O. The topological polar surface area (TPSA) is 32.3 Å². The van der Waals surface area contributed by atoms with E-state index in [1.54, 1.807) is 5.57 Å². The van der Waals surface area contributed by atoms with Crippen molar-refractivity contribution in [1.82, 2.24) is 4.90 Å². The Morgan fingerprint density at radius 1 is 1.12 bits per heavy atom. The molecule has 1 atom stereocenters. The number of carbonyl (C=O) groups excluding carboxylic acids is 1. The van der Waals surface area contributed by atoms with Gasteiger partial charge in [0.15, 0.2) is 0 Å². The van der Waals surface area contributed by atoms with Crippen LogP contribution in [0.5, 0.6) is 0 Å². The van der Waals surface area contributed by atoms with Gasteiger partial charge in [0.25, 0.3) is 0 Å². The molecule has 2 aliphatic rings. The number of likely N-dealkylation sites (tertiary alicyclic amines) is 1. The van der Waals surface area contributed by atoms with Gasteiger partial charge in [-0.3, -0.25) is 4.79 Å². The molecule has 0 saturated carbocycles. The number of nitrogens with zero attached hydrogens (tertiary/aromatic N) is 1. The van der Waals surface area contributed by atoms with E-state index in [2.05, 4.69) is 41.4 Å². The van der Waals surface area contributed by atoms with E-state index in [1.165, 1.54) is 16.7 Å². The Balaban J connectivity index is 1.36. The van der Waals surface area contributed by atoms with Crippen LogP contribution in [-0.4, -0.2) is 30.4 Å². The number of fused-ring (bicyclic) bond motifs is 3. The number of para-hydroxylation sites is 1. The first kappa shape index (κ1) is 16.1. The van der Waals surface area contributed by atoms with Gasteiger partial charge < -0.3 is 10.2 Å². The van der Waals surface area contributed by atoms with Crippen molar-refractivity contribution in [2.45, 2.75) is 25.7 Å². The highest BCUT2D eigenvalue weighted by Gasteiger charge is 2.33. The van der Waals surface area contributed by atoms with Crippen LogP contribution in [0.1, 0.15) is 36.8 Å². The van der Waals surface area contributed by atoms with Crippen molar-refractivity contribution in [3.63, 3.8) is 0 Å². The van der Waals surface area contributed by atoms with Crippen LogP contribution in [0.3, 0.4) is 0 Å². The molecule has 1 heterocycles. The Labute approximate surface area is 149 Å². The van der Waals surface area contributed by atoms with Crippen molar-refractivity contribution in [3.05, 3.63) is 71.3 Å². The Morgan fingerprint density at radius 3 is 2.72 bits per heavy atom. The second-order valence-corrected chi connectivity index (χ2v) is 7.00. The Kier molecular flexibility index (Phi) is 4.41. The summed E-state index contributed by atoms with van der Waals surface area (Å²) in [7, 11) is 0. The van der Waals surface area contributed by atoms with Gasteiger partial charge in [-0.05, 0) is 42.2 Å². The highest BCUT2D eigenvalue weighted by atomic mass is 16.1. The first-order chi connectivity index (χ1) is 12.2. The molecule has 0 radical (unpaired) electrons. The van der Waals surface area contributed by atoms with E-state index in [0.29, 0.717) is 12.3 Å². The summed E-state index contributed by atoms with van der Waals surface area (Å²) in [5, 5.41) is 2.98. The predicted octanol–water partition coefficient (Wildman–Crippen LogP) is 4.29. The van der Waals surface area contributed by atoms with Crippen LogP contribution in [0.4, 0.5) is 5.69 Å². The maximum absolute atomic E-state index is 12.2. The lowest BCUT2D eigenvalue weighted by Crippen LogP contribution is -2.36. The van der Waals surface area contributed by atoms with Crippen molar-refractivity contribution < 1.29 is 4.79 Å². The van der Waals surface area contributed by atoms with Gasteiger partial charge in [-0.15, -0.1) is 0 Å². The first-order valence-corrected chi connectivity index (χ1v) is 9.08. The zero-order chi connectivity index (χ0) is 17.2. The van der Waals surface area contributed by atoms with Gasteiger partial charge in [0.05, 0.1) is 0 Å². The molecule has 2 aromatic rings. The van der Waals surface area contributed by atoms with E-state index in [4.69, 9.17) is 0 Å². The van der Waals surface area contributed by atoms with Gasteiger partial charge in [0, 0.05) is 37.7 Å². The molecule has 4 rings (SSSR count). The zero-order valence-corrected chi connectivity index (χ0v) is 14.7. The summed E-state index contributed by atoms with van der Waals surface area (Å²) in [6.07, 6.45) is 1.66. The number of anilines is 1. The van der Waals surface area contributed by atoms with Crippen molar-refractivity contribution in [2.24, 2.45) is 0 Å². The second-order valence-electron chi connectivity index (χ2n) is 7.00. The molecule has 3 nitrogen and oxygen atoms in total. The minimum absolute atomic E-state index is 0.0931. The molecule has 128 valence electrons. The lowest BCUT2D eigenvalue weighted by molar-refractivity contribution is -0.116. The minimum atomic E-state index is 0.0931. The molecule has 2 aromatic carbocycles. The maximum atomic E-state index is 12.2. The third-order valence-corrected chi connectivity index (χ3v) is 5.49. The molecule has 0 aromatic heterocycles. The van der Waals surface area contributed by atoms with Crippen molar-refractivity contribution in [1.29, 1.82) is 0 Å². The number of amides is 1. The summed E-state index contributed by atoms with van der Waals surface area (Å²) in [5.41, 5.74) is 6.84. The highest BCUT2D eigenvalue weighted by Crippen LogP contribution is 2.45. The number of carbonyl (C=O) groups is 1. The zero-order valence-electron chi connectivity index (χ0n) is 14.7. The largest absolute Gasteiger partial charge is 0.326 e. The fourth-order valence-corrected chi connectivity index (χ4v) is 4.17. The van der Waals surface area contributed by atoms with Gasteiger partial charge in [-0.2, -0.15) is 0 Å². The molecule has 0 spiro atoms. The standard InChI is InChI=1S/C22H24N2O/c1-16-18-9-5-6-10-20(18)21-15-24(13-11-19(16)21)14-12-22(25)23-17-7-3-2-4-8-17/h2-10,21H,11-15H2,1H3,(H,23,25). The molecular weight excluding hydrogens is 308 g/mol. The molecule has 25 heavy (non-hydrogen) atoms. The molecule has 1 amide bonds. The van der Waals surface area contributed by atoms with Crippen molar-refractivity contribution >= 4 is 17.2 Å². The minimum Gasteiger partial charge on any atom is -0.326 e.